The third kappa shape index (κ3) is 1.82. The Bertz CT molecular complexity index is 1560. The van der Waals surface area contributed by atoms with E-state index in [1.165, 1.54) is 54.8 Å². The van der Waals surface area contributed by atoms with Gasteiger partial charge in [-0.3, -0.25) is 0 Å². The summed E-state index contributed by atoms with van der Waals surface area (Å²) in [5, 5.41) is 6.12. The van der Waals surface area contributed by atoms with E-state index >= 15 is 0 Å². The van der Waals surface area contributed by atoms with E-state index in [1.54, 1.807) is 0 Å². The minimum atomic E-state index is 0.959. The van der Waals surface area contributed by atoms with Crippen LogP contribution in [0.1, 0.15) is 11.1 Å². The molecular weight excluding hydrogens is 342 g/mol. The van der Waals surface area contributed by atoms with Gasteiger partial charge in [-0.25, -0.2) is 0 Å². The molecule has 0 saturated carbocycles. The summed E-state index contributed by atoms with van der Waals surface area (Å²) in [7, 11) is 0. The quantitative estimate of drug-likeness (QED) is 0.311. The Hall–Kier alpha value is -3.52. The van der Waals surface area contributed by atoms with Crippen LogP contribution in [0.25, 0.3) is 54.9 Å². The first-order valence-corrected chi connectivity index (χ1v) is 9.83. The Labute approximate surface area is 161 Å². The molecule has 1 aliphatic carbocycles. The first kappa shape index (κ1) is 14.5. The molecule has 0 amide bonds. The number of rotatable bonds is 0. The van der Waals surface area contributed by atoms with E-state index in [-0.39, 0.29) is 0 Å². The van der Waals surface area contributed by atoms with E-state index in [0.29, 0.717) is 0 Å². The van der Waals surface area contributed by atoms with Crippen LogP contribution in [-0.4, -0.2) is 4.98 Å². The van der Waals surface area contributed by atoms with Crippen LogP contribution in [0.5, 0.6) is 0 Å². The molecular formula is C26H17NO. The van der Waals surface area contributed by atoms with Gasteiger partial charge in [-0.15, -0.1) is 0 Å². The van der Waals surface area contributed by atoms with Crippen LogP contribution >= 0.6 is 0 Å². The number of aromatic nitrogens is 1. The van der Waals surface area contributed by atoms with Crippen molar-refractivity contribution in [2.45, 2.75) is 12.8 Å². The minimum absolute atomic E-state index is 0.959. The second-order valence-corrected chi connectivity index (χ2v) is 7.83. The number of benzene rings is 4. The topological polar surface area (TPSA) is 28.9 Å². The normalized spacial score (nSPS) is 13.4. The molecule has 0 fully saturated rings. The molecule has 2 heteroatoms. The molecule has 6 aromatic rings. The fourth-order valence-corrected chi connectivity index (χ4v) is 4.94. The van der Waals surface area contributed by atoms with Crippen molar-refractivity contribution in [3.05, 3.63) is 83.9 Å². The van der Waals surface area contributed by atoms with Crippen molar-refractivity contribution in [1.29, 1.82) is 0 Å². The van der Waals surface area contributed by atoms with Gasteiger partial charge >= 0.3 is 0 Å². The highest BCUT2D eigenvalue weighted by atomic mass is 16.3. The maximum absolute atomic E-state index is 6.28. The molecule has 1 N–H and O–H groups in total. The molecule has 0 aliphatic heterocycles. The molecule has 0 saturated heterocycles. The van der Waals surface area contributed by atoms with Crippen molar-refractivity contribution in [2.24, 2.45) is 0 Å². The number of H-pyrrole nitrogens is 1. The number of fused-ring (bicyclic) bond motifs is 9. The number of aromatic amines is 1. The molecule has 0 radical (unpaired) electrons. The van der Waals surface area contributed by atoms with Gasteiger partial charge in [0.1, 0.15) is 11.2 Å². The minimum Gasteiger partial charge on any atom is -0.456 e. The molecule has 4 aromatic carbocycles. The van der Waals surface area contributed by atoms with Gasteiger partial charge in [-0.2, -0.15) is 0 Å². The summed E-state index contributed by atoms with van der Waals surface area (Å²) in [6, 6.07) is 26.1. The van der Waals surface area contributed by atoms with Gasteiger partial charge in [-0.05, 0) is 59.0 Å². The Balaban J connectivity index is 1.57. The highest BCUT2D eigenvalue weighted by molar-refractivity contribution is 6.14. The molecule has 2 heterocycles. The van der Waals surface area contributed by atoms with Crippen molar-refractivity contribution in [3.8, 4) is 11.3 Å². The number of aryl methyl sites for hydroxylation is 2. The van der Waals surface area contributed by atoms with Crippen LogP contribution in [-0.2, 0) is 12.8 Å². The summed E-state index contributed by atoms with van der Waals surface area (Å²) < 4.78 is 6.28. The molecule has 1 aliphatic rings. The molecule has 132 valence electrons. The van der Waals surface area contributed by atoms with Crippen molar-refractivity contribution in [3.63, 3.8) is 0 Å². The van der Waals surface area contributed by atoms with Crippen molar-refractivity contribution in [1.82, 2.24) is 4.98 Å². The van der Waals surface area contributed by atoms with E-state index in [1.807, 2.05) is 0 Å². The Kier molecular flexibility index (Phi) is 2.62. The monoisotopic (exact) mass is 359 g/mol. The van der Waals surface area contributed by atoms with Gasteiger partial charge in [0, 0.05) is 32.9 Å². The molecule has 0 spiro atoms. The molecule has 0 bridgehead atoms. The Morgan fingerprint density at radius 2 is 1.43 bits per heavy atom. The lowest BCUT2D eigenvalue weighted by atomic mass is 9.89. The van der Waals surface area contributed by atoms with Gasteiger partial charge in [0.05, 0.1) is 0 Å². The van der Waals surface area contributed by atoms with Crippen LogP contribution in [0.15, 0.2) is 77.2 Å². The maximum Gasteiger partial charge on any atom is 0.136 e. The van der Waals surface area contributed by atoms with Crippen molar-refractivity contribution >= 4 is 43.6 Å². The zero-order valence-corrected chi connectivity index (χ0v) is 15.3. The van der Waals surface area contributed by atoms with Crippen LogP contribution in [0.3, 0.4) is 0 Å². The number of hydrogen-bond donors (Lipinski definition) is 1. The van der Waals surface area contributed by atoms with Crippen LogP contribution in [0, 0.1) is 0 Å². The fraction of sp³-hybridized carbons (Fsp3) is 0.0769. The number of hydrogen-bond acceptors (Lipinski definition) is 1. The smallest absolute Gasteiger partial charge is 0.136 e. The summed E-state index contributed by atoms with van der Waals surface area (Å²) in [5.41, 5.74) is 8.60. The Morgan fingerprint density at radius 3 is 2.36 bits per heavy atom. The second kappa shape index (κ2) is 5.05. The van der Waals surface area contributed by atoms with Crippen LogP contribution in [0.4, 0.5) is 0 Å². The SMILES string of the molecule is c1ccc2c(c1)CCc1c-2[nH]c2cc3c(cc12)oc1cc2ccccc2cc13. The number of nitrogens with one attached hydrogen (secondary N) is 1. The fourth-order valence-electron chi connectivity index (χ4n) is 4.94. The summed E-state index contributed by atoms with van der Waals surface area (Å²) in [4.78, 5) is 3.71. The van der Waals surface area contributed by atoms with Crippen molar-refractivity contribution in [2.75, 3.05) is 0 Å². The average molecular weight is 359 g/mol. The molecule has 7 rings (SSSR count). The lowest BCUT2D eigenvalue weighted by molar-refractivity contribution is 0.670. The van der Waals surface area contributed by atoms with Gasteiger partial charge in [-0.1, -0.05) is 48.5 Å². The largest absolute Gasteiger partial charge is 0.456 e. The van der Waals surface area contributed by atoms with E-state index in [9.17, 15) is 0 Å². The molecule has 28 heavy (non-hydrogen) atoms. The summed E-state index contributed by atoms with van der Waals surface area (Å²) in [6.07, 6.45) is 2.17. The predicted molar refractivity (Wildman–Crippen MR) is 116 cm³/mol. The molecule has 0 atom stereocenters. The lowest BCUT2D eigenvalue weighted by Gasteiger charge is -2.16. The molecule has 2 aromatic heterocycles. The van der Waals surface area contributed by atoms with Gasteiger partial charge in [0.2, 0.25) is 0 Å². The third-order valence-electron chi connectivity index (χ3n) is 6.30. The lowest BCUT2D eigenvalue weighted by Crippen LogP contribution is -2.02. The van der Waals surface area contributed by atoms with E-state index in [0.717, 1.165) is 24.0 Å². The zero-order chi connectivity index (χ0) is 18.2. The van der Waals surface area contributed by atoms with Gasteiger partial charge < -0.3 is 9.40 Å². The maximum atomic E-state index is 6.28. The van der Waals surface area contributed by atoms with E-state index in [2.05, 4.69) is 77.8 Å². The number of furan rings is 1. The average Bonchev–Trinajstić information content (AvgIpc) is 3.27. The zero-order valence-electron chi connectivity index (χ0n) is 15.3. The van der Waals surface area contributed by atoms with E-state index < -0.39 is 0 Å². The predicted octanol–water partition coefficient (Wildman–Crippen LogP) is 6.99. The van der Waals surface area contributed by atoms with Crippen molar-refractivity contribution < 1.29 is 4.42 Å². The van der Waals surface area contributed by atoms with Crippen LogP contribution in [0.2, 0.25) is 0 Å². The van der Waals surface area contributed by atoms with Crippen LogP contribution < -0.4 is 0 Å². The first-order chi connectivity index (χ1) is 13.8. The van der Waals surface area contributed by atoms with E-state index in [4.69, 9.17) is 4.42 Å². The molecule has 2 nitrogen and oxygen atoms in total. The standard InChI is InChI=1S/C26H17NO/c1-2-7-17-12-24-21(11-16(17)6-1)22-13-23-20(14-25(22)28-24)19-10-9-15-5-3-4-8-18(15)26(19)27-23/h1-8,11-14,27H,9-10H2. The first-order valence-electron chi connectivity index (χ1n) is 9.83. The molecule has 0 unspecified atom stereocenters. The van der Waals surface area contributed by atoms with Gasteiger partial charge in [0.25, 0.3) is 0 Å². The summed E-state index contributed by atoms with van der Waals surface area (Å²) in [6.45, 7) is 0. The second-order valence-electron chi connectivity index (χ2n) is 7.83. The third-order valence-corrected chi connectivity index (χ3v) is 6.30. The van der Waals surface area contributed by atoms with Gasteiger partial charge in [0.15, 0.2) is 0 Å². The highest BCUT2D eigenvalue weighted by Crippen LogP contribution is 2.41. The Morgan fingerprint density at radius 1 is 0.679 bits per heavy atom. The summed E-state index contributed by atoms with van der Waals surface area (Å²) >= 11 is 0. The highest BCUT2D eigenvalue weighted by Gasteiger charge is 2.21. The summed E-state index contributed by atoms with van der Waals surface area (Å²) in [5.74, 6) is 0.